The van der Waals surface area contributed by atoms with Crippen molar-refractivity contribution in [1.82, 2.24) is 10.1 Å². The van der Waals surface area contributed by atoms with E-state index in [-0.39, 0.29) is 5.92 Å². The number of rotatable bonds is 5. The number of halogens is 1. The molecule has 20 heavy (non-hydrogen) atoms. The molecule has 2 rings (SSSR count). The third kappa shape index (κ3) is 3.27. The van der Waals surface area contributed by atoms with E-state index in [0.29, 0.717) is 18.3 Å². The van der Waals surface area contributed by atoms with Gasteiger partial charge in [-0.1, -0.05) is 28.0 Å². The van der Waals surface area contributed by atoms with Crippen LogP contribution in [0, 0.1) is 13.8 Å². The topological polar surface area (TPSA) is 64.9 Å². The average molecular weight is 338 g/mol. The first-order valence-corrected chi connectivity index (χ1v) is 7.63. The Bertz CT molecular complexity index is 572. The minimum atomic E-state index is 0.248. The summed E-state index contributed by atoms with van der Waals surface area (Å²) in [6.07, 6.45) is 1.94. The van der Waals surface area contributed by atoms with Crippen LogP contribution in [0.3, 0.4) is 0 Å². The fourth-order valence-corrected chi connectivity index (χ4v) is 2.40. The standard InChI is InChI=1S/C15H20BrN3O/c1-9(5-4-6-17)15-18-14(19-20-15)12-7-10(2)13(16)11(3)8-12/h7-9H,4-6,17H2,1-3H3. The molecule has 1 aromatic carbocycles. The molecule has 0 radical (unpaired) electrons. The molecule has 2 aromatic rings. The lowest BCUT2D eigenvalue weighted by molar-refractivity contribution is 0.352. The van der Waals surface area contributed by atoms with E-state index in [1.54, 1.807) is 0 Å². The molecule has 4 nitrogen and oxygen atoms in total. The summed E-state index contributed by atoms with van der Waals surface area (Å²) < 4.78 is 6.50. The van der Waals surface area contributed by atoms with Crippen LogP contribution in [-0.4, -0.2) is 16.7 Å². The number of benzene rings is 1. The summed E-state index contributed by atoms with van der Waals surface area (Å²) in [5.74, 6) is 1.59. The molecule has 1 unspecified atom stereocenters. The summed E-state index contributed by atoms with van der Waals surface area (Å²) in [4.78, 5) is 4.51. The van der Waals surface area contributed by atoms with Gasteiger partial charge < -0.3 is 10.3 Å². The third-order valence-electron chi connectivity index (χ3n) is 3.40. The van der Waals surface area contributed by atoms with Gasteiger partial charge in [-0.05, 0) is 56.5 Å². The normalized spacial score (nSPS) is 12.7. The largest absolute Gasteiger partial charge is 0.339 e. The molecule has 1 heterocycles. The molecule has 108 valence electrons. The Morgan fingerprint density at radius 2 is 1.95 bits per heavy atom. The van der Waals surface area contributed by atoms with Gasteiger partial charge in [0.05, 0.1) is 0 Å². The molecule has 0 spiro atoms. The smallest absolute Gasteiger partial charge is 0.229 e. The number of aryl methyl sites for hydroxylation is 2. The van der Waals surface area contributed by atoms with Crippen LogP contribution in [0.5, 0.6) is 0 Å². The van der Waals surface area contributed by atoms with Gasteiger partial charge >= 0.3 is 0 Å². The summed E-state index contributed by atoms with van der Waals surface area (Å²) in [5, 5.41) is 4.09. The van der Waals surface area contributed by atoms with Gasteiger partial charge in [0, 0.05) is 16.0 Å². The van der Waals surface area contributed by atoms with E-state index >= 15 is 0 Å². The Morgan fingerprint density at radius 3 is 2.55 bits per heavy atom. The lowest BCUT2D eigenvalue weighted by atomic mass is 10.1. The SMILES string of the molecule is Cc1cc(-c2noc(C(C)CCCN)n2)cc(C)c1Br. The van der Waals surface area contributed by atoms with Gasteiger partial charge in [0.15, 0.2) is 0 Å². The fourth-order valence-electron chi connectivity index (χ4n) is 2.18. The Balaban J connectivity index is 2.24. The zero-order valence-corrected chi connectivity index (χ0v) is 13.7. The van der Waals surface area contributed by atoms with Crippen molar-refractivity contribution in [2.45, 2.75) is 39.5 Å². The molecule has 0 aliphatic heterocycles. The maximum Gasteiger partial charge on any atom is 0.229 e. The van der Waals surface area contributed by atoms with Gasteiger partial charge in [0.2, 0.25) is 11.7 Å². The Labute approximate surface area is 127 Å². The number of nitrogens with two attached hydrogens (primary N) is 1. The molecule has 0 saturated heterocycles. The van der Waals surface area contributed by atoms with Crippen LogP contribution in [0.4, 0.5) is 0 Å². The maximum atomic E-state index is 5.53. The van der Waals surface area contributed by atoms with Crippen LogP contribution < -0.4 is 5.73 Å². The van der Waals surface area contributed by atoms with Gasteiger partial charge in [-0.25, -0.2) is 0 Å². The first kappa shape index (κ1) is 15.2. The number of aromatic nitrogens is 2. The lowest BCUT2D eigenvalue weighted by Crippen LogP contribution is -2.02. The van der Waals surface area contributed by atoms with Gasteiger partial charge in [0.25, 0.3) is 0 Å². The van der Waals surface area contributed by atoms with Gasteiger partial charge in [-0.2, -0.15) is 4.98 Å². The summed E-state index contributed by atoms with van der Waals surface area (Å²) in [6, 6.07) is 4.13. The zero-order chi connectivity index (χ0) is 14.7. The third-order valence-corrected chi connectivity index (χ3v) is 4.65. The van der Waals surface area contributed by atoms with E-state index in [4.69, 9.17) is 10.3 Å². The highest BCUT2D eigenvalue weighted by molar-refractivity contribution is 9.10. The molecule has 0 aliphatic carbocycles. The molecule has 0 amide bonds. The van der Waals surface area contributed by atoms with Crippen LogP contribution >= 0.6 is 15.9 Å². The molecule has 1 aromatic heterocycles. The molecule has 5 heteroatoms. The monoisotopic (exact) mass is 337 g/mol. The van der Waals surface area contributed by atoms with E-state index in [1.165, 1.54) is 11.1 Å². The molecule has 1 atom stereocenters. The Morgan fingerprint density at radius 1 is 1.30 bits per heavy atom. The number of nitrogens with zero attached hydrogens (tertiary/aromatic N) is 2. The first-order chi connectivity index (χ1) is 9.52. The molecule has 2 N–H and O–H groups in total. The second kappa shape index (κ2) is 6.50. The summed E-state index contributed by atoms with van der Waals surface area (Å²) in [6.45, 7) is 6.90. The highest BCUT2D eigenvalue weighted by Crippen LogP contribution is 2.28. The first-order valence-electron chi connectivity index (χ1n) is 6.83. The van der Waals surface area contributed by atoms with Crippen LogP contribution in [0.2, 0.25) is 0 Å². The van der Waals surface area contributed by atoms with Gasteiger partial charge in [-0.3, -0.25) is 0 Å². The van der Waals surface area contributed by atoms with Crippen molar-refractivity contribution >= 4 is 15.9 Å². The summed E-state index contributed by atoms with van der Waals surface area (Å²) in [7, 11) is 0. The summed E-state index contributed by atoms with van der Waals surface area (Å²) in [5.41, 5.74) is 8.86. The fraction of sp³-hybridized carbons (Fsp3) is 0.467. The van der Waals surface area contributed by atoms with Crippen LogP contribution in [0.1, 0.15) is 42.7 Å². The van der Waals surface area contributed by atoms with E-state index < -0.39 is 0 Å². The average Bonchev–Trinajstić information content (AvgIpc) is 2.91. The van der Waals surface area contributed by atoms with Crippen molar-refractivity contribution in [3.8, 4) is 11.4 Å². The van der Waals surface area contributed by atoms with Gasteiger partial charge in [-0.15, -0.1) is 0 Å². The van der Waals surface area contributed by atoms with Crippen LogP contribution in [-0.2, 0) is 0 Å². The van der Waals surface area contributed by atoms with Crippen LogP contribution in [0.25, 0.3) is 11.4 Å². The van der Waals surface area contributed by atoms with Crippen molar-refractivity contribution in [3.63, 3.8) is 0 Å². The number of hydrogen-bond acceptors (Lipinski definition) is 4. The predicted octanol–water partition coefficient (Wildman–Crippen LogP) is 3.96. The second-order valence-corrected chi connectivity index (χ2v) is 6.01. The molecular weight excluding hydrogens is 318 g/mol. The van der Waals surface area contributed by atoms with E-state index in [0.717, 1.165) is 22.9 Å². The van der Waals surface area contributed by atoms with Crippen molar-refractivity contribution in [2.24, 2.45) is 5.73 Å². The highest BCUT2D eigenvalue weighted by atomic mass is 79.9. The van der Waals surface area contributed by atoms with Crippen molar-refractivity contribution < 1.29 is 4.52 Å². The molecule has 0 bridgehead atoms. The Hall–Kier alpha value is -1.20. The minimum Gasteiger partial charge on any atom is -0.339 e. The van der Waals surface area contributed by atoms with Gasteiger partial charge in [0.1, 0.15) is 0 Å². The van der Waals surface area contributed by atoms with E-state index in [1.807, 2.05) is 0 Å². The zero-order valence-electron chi connectivity index (χ0n) is 12.1. The molecule has 0 aliphatic rings. The number of hydrogen-bond donors (Lipinski definition) is 1. The quantitative estimate of drug-likeness (QED) is 0.896. The molecular formula is C15H20BrN3O. The van der Waals surface area contributed by atoms with E-state index in [2.05, 4.69) is 59.0 Å². The molecule has 0 fully saturated rings. The Kier molecular flexibility index (Phi) is 4.94. The maximum absolute atomic E-state index is 5.53. The summed E-state index contributed by atoms with van der Waals surface area (Å²) >= 11 is 3.57. The van der Waals surface area contributed by atoms with Crippen LogP contribution in [0.15, 0.2) is 21.1 Å². The minimum absolute atomic E-state index is 0.248. The van der Waals surface area contributed by atoms with Crippen molar-refractivity contribution in [1.29, 1.82) is 0 Å². The van der Waals surface area contributed by atoms with Crippen molar-refractivity contribution in [2.75, 3.05) is 6.54 Å². The van der Waals surface area contributed by atoms with E-state index in [9.17, 15) is 0 Å². The highest BCUT2D eigenvalue weighted by Gasteiger charge is 2.15. The lowest BCUT2D eigenvalue weighted by Gasteiger charge is -2.05. The molecule has 0 saturated carbocycles. The second-order valence-electron chi connectivity index (χ2n) is 5.21. The van der Waals surface area contributed by atoms with Crippen molar-refractivity contribution in [3.05, 3.63) is 33.6 Å². The predicted molar refractivity (Wildman–Crippen MR) is 83.6 cm³/mol.